The quantitative estimate of drug-likeness (QED) is 0.528. The molecule has 0 amide bonds. The first-order valence-electron chi connectivity index (χ1n) is 8.71. The topological polar surface area (TPSA) is 67.6 Å². The molecule has 1 saturated heterocycles. The average molecular weight is 438 g/mol. The van der Waals surface area contributed by atoms with E-state index in [0.717, 1.165) is 31.5 Å². The van der Waals surface area contributed by atoms with E-state index in [-0.39, 0.29) is 28.2 Å². The summed E-state index contributed by atoms with van der Waals surface area (Å²) in [7, 11) is 1.45. The first-order chi connectivity index (χ1) is 13.0. The Bertz CT molecular complexity index is 826. The number of hydrogen-bond donors (Lipinski definition) is 1. The second-order valence-corrected chi connectivity index (χ2v) is 7.50. The van der Waals surface area contributed by atoms with Crippen LogP contribution in [0.3, 0.4) is 0 Å². The fourth-order valence-corrected chi connectivity index (χ4v) is 3.65. The summed E-state index contributed by atoms with van der Waals surface area (Å²) >= 11 is 3.27. The molecule has 3 rings (SSSR count). The fourth-order valence-electron chi connectivity index (χ4n) is 3.30. The van der Waals surface area contributed by atoms with Crippen molar-refractivity contribution in [2.24, 2.45) is 0 Å². The van der Waals surface area contributed by atoms with Crippen LogP contribution >= 0.6 is 15.9 Å². The lowest BCUT2D eigenvalue weighted by atomic mass is 10.0. The number of halogens is 2. The van der Waals surface area contributed by atoms with Gasteiger partial charge in [-0.1, -0.05) is 22.0 Å². The minimum Gasteiger partial charge on any atom is -0.494 e. The van der Waals surface area contributed by atoms with E-state index in [1.165, 1.54) is 19.2 Å². The Balaban J connectivity index is 1.56. The van der Waals surface area contributed by atoms with Crippen LogP contribution < -0.4 is 10.1 Å². The largest absolute Gasteiger partial charge is 0.494 e. The van der Waals surface area contributed by atoms with Gasteiger partial charge in [-0.15, -0.1) is 0 Å². The molecule has 0 unspecified atom stereocenters. The predicted molar refractivity (Wildman–Crippen MR) is 106 cm³/mol. The molecule has 2 aromatic rings. The van der Waals surface area contributed by atoms with E-state index in [2.05, 4.69) is 26.1 Å². The van der Waals surface area contributed by atoms with Crippen LogP contribution in [-0.2, 0) is 6.54 Å². The minimum atomic E-state index is -0.375. The van der Waals surface area contributed by atoms with Gasteiger partial charge in [-0.25, -0.2) is 4.39 Å². The molecular formula is C19H21BrFN3O3. The Morgan fingerprint density at radius 2 is 2.04 bits per heavy atom. The van der Waals surface area contributed by atoms with Gasteiger partial charge in [0.15, 0.2) is 11.6 Å². The minimum absolute atomic E-state index is 0.0699. The first-order valence-corrected chi connectivity index (χ1v) is 9.51. The van der Waals surface area contributed by atoms with Gasteiger partial charge < -0.3 is 10.1 Å². The van der Waals surface area contributed by atoms with Crippen molar-refractivity contribution in [3.8, 4) is 5.75 Å². The number of benzene rings is 2. The van der Waals surface area contributed by atoms with Gasteiger partial charge in [-0.05, 0) is 42.7 Å². The van der Waals surface area contributed by atoms with Crippen LogP contribution in [-0.4, -0.2) is 36.1 Å². The van der Waals surface area contributed by atoms with Crippen molar-refractivity contribution in [2.45, 2.75) is 25.4 Å². The Morgan fingerprint density at radius 3 is 2.67 bits per heavy atom. The summed E-state index contributed by atoms with van der Waals surface area (Å²) in [5.41, 5.74) is 1.52. The summed E-state index contributed by atoms with van der Waals surface area (Å²) in [5, 5.41) is 14.5. The van der Waals surface area contributed by atoms with Crippen molar-refractivity contribution >= 4 is 27.3 Å². The Labute approximate surface area is 165 Å². The van der Waals surface area contributed by atoms with Crippen LogP contribution in [0.5, 0.6) is 5.75 Å². The number of nitrogens with zero attached hydrogens (tertiary/aromatic N) is 2. The maximum Gasteiger partial charge on any atom is 0.293 e. The molecule has 2 aromatic carbocycles. The van der Waals surface area contributed by atoms with Crippen LogP contribution in [0.25, 0.3) is 0 Å². The number of rotatable bonds is 6. The summed E-state index contributed by atoms with van der Waals surface area (Å²) in [6.07, 6.45) is 1.73. The number of nitro groups is 1. The van der Waals surface area contributed by atoms with Gasteiger partial charge in [0, 0.05) is 36.2 Å². The van der Waals surface area contributed by atoms with Crippen molar-refractivity contribution in [1.82, 2.24) is 4.90 Å². The van der Waals surface area contributed by atoms with Gasteiger partial charge in [-0.2, -0.15) is 0 Å². The average Bonchev–Trinajstić information content (AvgIpc) is 2.65. The number of hydrogen-bond acceptors (Lipinski definition) is 5. The number of nitro benzene ring substituents is 1. The third kappa shape index (κ3) is 4.95. The maximum absolute atomic E-state index is 13.8. The predicted octanol–water partition coefficient (Wildman–Crippen LogP) is 4.58. The third-order valence-electron chi connectivity index (χ3n) is 4.73. The van der Waals surface area contributed by atoms with Crippen LogP contribution in [0.4, 0.5) is 15.8 Å². The molecule has 1 aliphatic heterocycles. The molecule has 0 radical (unpaired) electrons. The van der Waals surface area contributed by atoms with Gasteiger partial charge >= 0.3 is 0 Å². The molecule has 0 aliphatic carbocycles. The lowest BCUT2D eigenvalue weighted by molar-refractivity contribution is -0.384. The summed E-state index contributed by atoms with van der Waals surface area (Å²) in [6.45, 7) is 2.36. The zero-order valence-corrected chi connectivity index (χ0v) is 16.5. The molecular weight excluding hydrogens is 417 g/mol. The highest BCUT2D eigenvalue weighted by atomic mass is 79.9. The number of methoxy groups -OCH3 is 1. The van der Waals surface area contributed by atoms with Crippen LogP contribution in [0, 0.1) is 15.9 Å². The molecule has 8 heteroatoms. The van der Waals surface area contributed by atoms with Gasteiger partial charge in [0.2, 0.25) is 0 Å². The van der Waals surface area contributed by atoms with E-state index >= 15 is 0 Å². The van der Waals surface area contributed by atoms with Crippen molar-refractivity contribution in [2.75, 3.05) is 25.5 Å². The van der Waals surface area contributed by atoms with E-state index in [1.807, 2.05) is 6.07 Å². The molecule has 0 saturated carbocycles. The number of piperidine rings is 1. The van der Waals surface area contributed by atoms with Crippen LogP contribution in [0.2, 0.25) is 0 Å². The molecule has 0 atom stereocenters. The molecule has 1 aliphatic rings. The summed E-state index contributed by atoms with van der Waals surface area (Å²) in [5.74, 6) is -0.105. The zero-order chi connectivity index (χ0) is 19.4. The van der Waals surface area contributed by atoms with Crippen molar-refractivity contribution in [3.63, 3.8) is 0 Å². The van der Waals surface area contributed by atoms with E-state index in [4.69, 9.17) is 4.74 Å². The van der Waals surface area contributed by atoms with Gasteiger partial charge in [0.25, 0.3) is 5.69 Å². The number of nitrogens with one attached hydrogen (secondary N) is 1. The van der Waals surface area contributed by atoms with Gasteiger partial charge in [-0.3, -0.25) is 15.0 Å². The SMILES string of the molecule is COc1ccc(CN2CCC(Nc3ccc(Br)cc3[N+](=O)[O-])CC2)cc1F. The second kappa shape index (κ2) is 8.67. The third-order valence-corrected chi connectivity index (χ3v) is 5.22. The van der Waals surface area contributed by atoms with Crippen LogP contribution in [0.15, 0.2) is 40.9 Å². The van der Waals surface area contributed by atoms with Gasteiger partial charge in [0.05, 0.1) is 12.0 Å². The highest BCUT2D eigenvalue weighted by Crippen LogP contribution is 2.30. The fraction of sp³-hybridized carbons (Fsp3) is 0.368. The van der Waals surface area contributed by atoms with E-state index in [0.29, 0.717) is 16.7 Å². The zero-order valence-electron chi connectivity index (χ0n) is 15.0. The Morgan fingerprint density at radius 1 is 1.30 bits per heavy atom. The summed E-state index contributed by atoms with van der Waals surface area (Å²) in [4.78, 5) is 13.1. The Hall–Kier alpha value is -2.19. The number of anilines is 1. The Kier molecular flexibility index (Phi) is 6.28. The molecule has 0 spiro atoms. The lowest BCUT2D eigenvalue weighted by Gasteiger charge is -2.32. The molecule has 144 valence electrons. The van der Waals surface area contributed by atoms with Crippen molar-refractivity contribution < 1.29 is 14.1 Å². The van der Waals surface area contributed by atoms with Gasteiger partial charge in [0.1, 0.15) is 5.69 Å². The van der Waals surface area contributed by atoms with E-state index < -0.39 is 0 Å². The smallest absolute Gasteiger partial charge is 0.293 e. The molecule has 1 N–H and O–H groups in total. The molecule has 0 bridgehead atoms. The molecule has 6 nitrogen and oxygen atoms in total. The molecule has 0 aromatic heterocycles. The molecule has 1 fully saturated rings. The normalized spacial score (nSPS) is 15.5. The highest BCUT2D eigenvalue weighted by molar-refractivity contribution is 9.10. The molecule has 1 heterocycles. The highest BCUT2D eigenvalue weighted by Gasteiger charge is 2.22. The van der Waals surface area contributed by atoms with E-state index in [9.17, 15) is 14.5 Å². The molecule has 27 heavy (non-hydrogen) atoms. The lowest BCUT2D eigenvalue weighted by Crippen LogP contribution is -2.38. The van der Waals surface area contributed by atoms with Crippen molar-refractivity contribution in [3.05, 3.63) is 62.4 Å². The summed E-state index contributed by atoms with van der Waals surface area (Å²) < 4.78 is 19.5. The summed E-state index contributed by atoms with van der Waals surface area (Å²) in [6, 6.07) is 10.2. The van der Waals surface area contributed by atoms with Crippen molar-refractivity contribution in [1.29, 1.82) is 0 Å². The second-order valence-electron chi connectivity index (χ2n) is 6.58. The maximum atomic E-state index is 13.8. The number of likely N-dealkylation sites (tertiary alicyclic amines) is 1. The standard InChI is InChI=1S/C19H21BrFN3O3/c1-27-19-5-2-13(10-16(19)21)12-23-8-6-15(7-9-23)22-17-4-3-14(20)11-18(17)24(25)26/h2-5,10-11,15,22H,6-9,12H2,1H3. The number of ether oxygens (including phenoxy) is 1. The van der Waals surface area contributed by atoms with E-state index in [1.54, 1.807) is 18.2 Å². The van der Waals surface area contributed by atoms with Crippen LogP contribution in [0.1, 0.15) is 18.4 Å². The monoisotopic (exact) mass is 437 g/mol. The first kappa shape index (κ1) is 19.6.